The lowest BCUT2D eigenvalue weighted by molar-refractivity contribution is -0.139. The molecule has 1 aromatic rings. The summed E-state index contributed by atoms with van der Waals surface area (Å²) in [6.45, 7) is 3.40. The molecule has 1 N–H and O–H groups in total. The Bertz CT molecular complexity index is 460. The van der Waals surface area contributed by atoms with E-state index in [1.165, 1.54) is 6.07 Å². The summed E-state index contributed by atoms with van der Waals surface area (Å²) in [5, 5.41) is 8.68. The second-order valence-corrected chi connectivity index (χ2v) is 5.68. The number of carboxylic acids is 1. The topological polar surface area (TPSA) is 40.5 Å². The highest BCUT2D eigenvalue weighted by atomic mass is 79.9. The van der Waals surface area contributed by atoms with E-state index in [4.69, 9.17) is 5.11 Å². The summed E-state index contributed by atoms with van der Waals surface area (Å²) < 4.78 is 14.5. The fraction of sp³-hybridized carbons (Fsp3) is 0.462. The lowest BCUT2D eigenvalue weighted by atomic mass is 9.92. The summed E-state index contributed by atoms with van der Waals surface area (Å²) >= 11 is 3.23. The van der Waals surface area contributed by atoms with Crippen molar-refractivity contribution in [1.29, 1.82) is 0 Å². The standard InChI is InChI=1S/C13H15BrFNO2/c1-8(11-3-2-10(14)5-12(11)15)16-6-9(7-16)4-13(17)18/h2-3,5,8-9H,4,6-7H2,1H3,(H,17,18). The molecule has 1 saturated heterocycles. The number of hydrogen-bond donors (Lipinski definition) is 1. The molecule has 3 nitrogen and oxygen atoms in total. The number of carboxylic acid groups (broad SMARTS) is 1. The highest BCUT2D eigenvalue weighted by Crippen LogP contribution is 2.31. The molecule has 0 spiro atoms. The van der Waals surface area contributed by atoms with Crippen LogP contribution in [0.4, 0.5) is 4.39 Å². The molecule has 5 heteroatoms. The van der Waals surface area contributed by atoms with E-state index in [0.717, 1.165) is 17.6 Å². The number of halogens is 2. The highest BCUT2D eigenvalue weighted by molar-refractivity contribution is 9.10. The molecule has 1 aliphatic heterocycles. The second kappa shape index (κ2) is 5.36. The van der Waals surface area contributed by atoms with Crippen molar-refractivity contribution < 1.29 is 14.3 Å². The minimum Gasteiger partial charge on any atom is -0.481 e. The van der Waals surface area contributed by atoms with Gasteiger partial charge in [0.05, 0.1) is 6.42 Å². The summed E-state index contributed by atoms with van der Waals surface area (Å²) in [6.07, 6.45) is 0.200. The molecule has 0 bridgehead atoms. The average molecular weight is 316 g/mol. The van der Waals surface area contributed by atoms with Crippen LogP contribution in [0.2, 0.25) is 0 Å². The van der Waals surface area contributed by atoms with E-state index in [1.807, 2.05) is 13.0 Å². The fourth-order valence-corrected chi connectivity index (χ4v) is 2.67. The summed E-state index contributed by atoms with van der Waals surface area (Å²) in [6, 6.07) is 5.04. The van der Waals surface area contributed by atoms with Gasteiger partial charge in [-0.05, 0) is 25.0 Å². The van der Waals surface area contributed by atoms with Crippen LogP contribution in [-0.2, 0) is 4.79 Å². The average Bonchev–Trinajstić information content (AvgIpc) is 2.21. The van der Waals surface area contributed by atoms with Crippen LogP contribution in [0.3, 0.4) is 0 Å². The first-order chi connectivity index (χ1) is 8.47. The van der Waals surface area contributed by atoms with Gasteiger partial charge < -0.3 is 5.11 Å². The molecule has 0 aromatic heterocycles. The van der Waals surface area contributed by atoms with Gasteiger partial charge in [0.15, 0.2) is 0 Å². The zero-order chi connectivity index (χ0) is 13.3. The first-order valence-electron chi connectivity index (χ1n) is 5.88. The van der Waals surface area contributed by atoms with E-state index >= 15 is 0 Å². The third-order valence-electron chi connectivity index (χ3n) is 3.41. The summed E-state index contributed by atoms with van der Waals surface area (Å²) in [5.74, 6) is -0.788. The third kappa shape index (κ3) is 2.90. The van der Waals surface area contributed by atoms with Crippen molar-refractivity contribution in [2.45, 2.75) is 19.4 Å². The van der Waals surface area contributed by atoms with Crippen LogP contribution < -0.4 is 0 Å². The number of benzene rings is 1. The maximum atomic E-state index is 13.8. The van der Waals surface area contributed by atoms with Crippen molar-refractivity contribution in [3.05, 3.63) is 34.1 Å². The maximum Gasteiger partial charge on any atom is 0.303 e. The minimum atomic E-state index is -0.762. The first-order valence-corrected chi connectivity index (χ1v) is 6.67. The predicted octanol–water partition coefficient (Wildman–Crippen LogP) is 3.06. The largest absolute Gasteiger partial charge is 0.481 e. The molecule has 98 valence electrons. The zero-order valence-electron chi connectivity index (χ0n) is 10.1. The number of carbonyl (C=O) groups is 1. The molecule has 0 radical (unpaired) electrons. The molecule has 2 rings (SSSR count). The molecule has 18 heavy (non-hydrogen) atoms. The Kier molecular flexibility index (Phi) is 4.02. The molecule has 1 fully saturated rings. The van der Waals surface area contributed by atoms with Gasteiger partial charge in [-0.2, -0.15) is 0 Å². The van der Waals surface area contributed by atoms with Gasteiger partial charge in [0.2, 0.25) is 0 Å². The van der Waals surface area contributed by atoms with Crippen LogP contribution in [-0.4, -0.2) is 29.1 Å². The Morgan fingerprint density at radius 2 is 2.28 bits per heavy atom. The lowest BCUT2D eigenvalue weighted by Gasteiger charge is -2.43. The number of aliphatic carboxylic acids is 1. The third-order valence-corrected chi connectivity index (χ3v) is 3.90. The predicted molar refractivity (Wildman–Crippen MR) is 69.8 cm³/mol. The van der Waals surface area contributed by atoms with Crippen LogP contribution in [0.25, 0.3) is 0 Å². The number of hydrogen-bond acceptors (Lipinski definition) is 2. The Morgan fingerprint density at radius 1 is 1.61 bits per heavy atom. The monoisotopic (exact) mass is 315 g/mol. The summed E-state index contributed by atoms with van der Waals surface area (Å²) in [7, 11) is 0. The molecule has 1 aromatic carbocycles. The van der Waals surface area contributed by atoms with Gasteiger partial charge >= 0.3 is 5.97 Å². The van der Waals surface area contributed by atoms with Crippen LogP contribution in [0.15, 0.2) is 22.7 Å². The van der Waals surface area contributed by atoms with Gasteiger partial charge in [-0.3, -0.25) is 9.69 Å². The van der Waals surface area contributed by atoms with E-state index in [-0.39, 0.29) is 24.2 Å². The normalized spacial score (nSPS) is 18.4. The molecule has 1 unspecified atom stereocenters. The molecule has 1 aliphatic rings. The Hall–Kier alpha value is -0.940. The molecule has 1 atom stereocenters. The van der Waals surface area contributed by atoms with Crippen molar-refractivity contribution in [2.24, 2.45) is 5.92 Å². The highest BCUT2D eigenvalue weighted by Gasteiger charge is 2.32. The van der Waals surface area contributed by atoms with Gasteiger partial charge in [0.1, 0.15) is 5.82 Å². The Balaban J connectivity index is 1.97. The van der Waals surface area contributed by atoms with Gasteiger partial charge in [0.25, 0.3) is 0 Å². The number of rotatable bonds is 4. The van der Waals surface area contributed by atoms with Gasteiger partial charge in [0, 0.05) is 29.2 Å². The second-order valence-electron chi connectivity index (χ2n) is 4.76. The van der Waals surface area contributed by atoms with Crippen molar-refractivity contribution in [1.82, 2.24) is 4.90 Å². The Morgan fingerprint density at radius 3 is 2.83 bits per heavy atom. The van der Waals surface area contributed by atoms with Crippen LogP contribution in [0, 0.1) is 11.7 Å². The van der Waals surface area contributed by atoms with Crippen molar-refractivity contribution >= 4 is 21.9 Å². The van der Waals surface area contributed by atoms with E-state index in [1.54, 1.807) is 6.07 Å². The van der Waals surface area contributed by atoms with Crippen molar-refractivity contribution in [2.75, 3.05) is 13.1 Å². The van der Waals surface area contributed by atoms with Crippen LogP contribution in [0.5, 0.6) is 0 Å². The molecule has 0 saturated carbocycles. The van der Waals surface area contributed by atoms with Gasteiger partial charge in [-0.25, -0.2) is 4.39 Å². The quantitative estimate of drug-likeness (QED) is 0.928. The molecule has 0 amide bonds. The lowest BCUT2D eigenvalue weighted by Crippen LogP contribution is -2.48. The van der Waals surface area contributed by atoms with Crippen LogP contribution in [0.1, 0.15) is 24.9 Å². The van der Waals surface area contributed by atoms with Crippen molar-refractivity contribution in [3.63, 3.8) is 0 Å². The van der Waals surface area contributed by atoms with Crippen molar-refractivity contribution in [3.8, 4) is 0 Å². The molecule has 1 heterocycles. The minimum absolute atomic E-state index is 0.0110. The summed E-state index contributed by atoms with van der Waals surface area (Å²) in [5.41, 5.74) is 0.659. The SMILES string of the molecule is CC(c1ccc(Br)cc1F)N1CC(CC(=O)O)C1. The fourth-order valence-electron chi connectivity index (χ4n) is 2.34. The summed E-state index contributed by atoms with van der Waals surface area (Å²) in [4.78, 5) is 12.7. The zero-order valence-corrected chi connectivity index (χ0v) is 11.7. The van der Waals surface area contributed by atoms with Gasteiger partial charge in [-0.1, -0.05) is 22.0 Å². The van der Waals surface area contributed by atoms with E-state index in [9.17, 15) is 9.18 Å². The molecular weight excluding hydrogens is 301 g/mol. The first kappa shape index (κ1) is 13.5. The van der Waals surface area contributed by atoms with E-state index in [2.05, 4.69) is 20.8 Å². The van der Waals surface area contributed by atoms with E-state index < -0.39 is 5.97 Å². The molecular formula is C13H15BrFNO2. The number of likely N-dealkylation sites (tertiary alicyclic amines) is 1. The molecule has 0 aliphatic carbocycles. The van der Waals surface area contributed by atoms with E-state index in [0.29, 0.717) is 5.56 Å². The smallest absolute Gasteiger partial charge is 0.303 e. The Labute approximate surface area is 114 Å². The van der Waals surface area contributed by atoms with Gasteiger partial charge in [-0.15, -0.1) is 0 Å². The number of nitrogens with zero attached hydrogens (tertiary/aromatic N) is 1. The van der Waals surface area contributed by atoms with Crippen LogP contribution >= 0.6 is 15.9 Å². The maximum absolute atomic E-state index is 13.8.